The fourth-order valence-electron chi connectivity index (χ4n) is 4.27. The first kappa shape index (κ1) is 16.7. The highest BCUT2D eigenvalue weighted by atomic mass is 15.3. The monoisotopic (exact) mass is 313 g/mol. The fraction of sp³-hybridized carbons (Fsp3) is 0.600. The van der Waals surface area contributed by atoms with E-state index in [0.717, 1.165) is 19.8 Å². The molecule has 0 aromatic heterocycles. The van der Waals surface area contributed by atoms with Crippen LogP contribution in [0.5, 0.6) is 0 Å². The van der Waals surface area contributed by atoms with Crippen molar-refractivity contribution in [3.8, 4) is 0 Å². The number of nitrogens with zero attached hydrogens (tertiary/aromatic N) is 2. The zero-order valence-electron chi connectivity index (χ0n) is 14.9. The molecular weight excluding hydrogens is 282 g/mol. The van der Waals surface area contributed by atoms with Crippen molar-refractivity contribution in [1.82, 2.24) is 15.1 Å². The summed E-state index contributed by atoms with van der Waals surface area (Å²) < 4.78 is 0. The SMILES string of the molecule is CC=C(C(c1ccccc1)N1CCNC1)C(C)(C)N1CCCC1. The summed E-state index contributed by atoms with van der Waals surface area (Å²) in [6, 6.07) is 11.4. The van der Waals surface area contributed by atoms with Crippen molar-refractivity contribution in [2.75, 3.05) is 32.8 Å². The molecule has 1 aromatic rings. The predicted molar refractivity (Wildman–Crippen MR) is 97.4 cm³/mol. The van der Waals surface area contributed by atoms with Gasteiger partial charge in [0.25, 0.3) is 0 Å². The predicted octanol–water partition coefficient (Wildman–Crippen LogP) is 3.41. The Bertz CT molecular complexity index is 523. The van der Waals surface area contributed by atoms with Crippen LogP contribution in [0.4, 0.5) is 0 Å². The van der Waals surface area contributed by atoms with E-state index in [1.165, 1.54) is 37.1 Å². The van der Waals surface area contributed by atoms with Gasteiger partial charge in [-0.25, -0.2) is 0 Å². The minimum Gasteiger partial charge on any atom is -0.303 e. The van der Waals surface area contributed by atoms with Gasteiger partial charge in [0.2, 0.25) is 0 Å². The van der Waals surface area contributed by atoms with E-state index in [-0.39, 0.29) is 5.54 Å². The van der Waals surface area contributed by atoms with Gasteiger partial charge in [0.05, 0.1) is 6.04 Å². The first-order valence-electron chi connectivity index (χ1n) is 9.06. The molecule has 23 heavy (non-hydrogen) atoms. The Morgan fingerprint density at radius 2 is 1.83 bits per heavy atom. The van der Waals surface area contributed by atoms with Crippen LogP contribution in [0.25, 0.3) is 0 Å². The summed E-state index contributed by atoms with van der Waals surface area (Å²) in [4.78, 5) is 5.25. The van der Waals surface area contributed by atoms with Gasteiger partial charge in [-0.3, -0.25) is 9.80 Å². The average Bonchev–Trinajstić information content (AvgIpc) is 3.26. The van der Waals surface area contributed by atoms with Crippen LogP contribution >= 0.6 is 0 Å². The van der Waals surface area contributed by atoms with Crippen LogP contribution in [-0.2, 0) is 0 Å². The molecule has 126 valence electrons. The van der Waals surface area contributed by atoms with Crippen molar-refractivity contribution in [3.05, 3.63) is 47.5 Å². The molecular formula is C20H31N3. The van der Waals surface area contributed by atoms with Gasteiger partial charge < -0.3 is 5.32 Å². The Hall–Kier alpha value is -1.16. The topological polar surface area (TPSA) is 18.5 Å². The summed E-state index contributed by atoms with van der Waals surface area (Å²) in [5.74, 6) is 0. The second-order valence-corrected chi connectivity index (χ2v) is 7.28. The number of nitrogens with one attached hydrogen (secondary N) is 1. The molecule has 1 unspecified atom stereocenters. The Morgan fingerprint density at radius 3 is 2.39 bits per heavy atom. The van der Waals surface area contributed by atoms with E-state index in [2.05, 4.69) is 72.3 Å². The third kappa shape index (κ3) is 3.37. The van der Waals surface area contributed by atoms with Gasteiger partial charge in [-0.2, -0.15) is 0 Å². The molecule has 3 heteroatoms. The Kier molecular flexibility index (Phi) is 5.20. The average molecular weight is 313 g/mol. The molecule has 0 radical (unpaired) electrons. The van der Waals surface area contributed by atoms with Gasteiger partial charge in [0.1, 0.15) is 0 Å². The van der Waals surface area contributed by atoms with Crippen LogP contribution in [-0.4, -0.2) is 48.2 Å². The zero-order valence-corrected chi connectivity index (χ0v) is 14.9. The fourth-order valence-corrected chi connectivity index (χ4v) is 4.27. The maximum Gasteiger partial charge on any atom is 0.0591 e. The smallest absolute Gasteiger partial charge is 0.0591 e. The van der Waals surface area contributed by atoms with Crippen molar-refractivity contribution < 1.29 is 0 Å². The lowest BCUT2D eigenvalue weighted by Crippen LogP contribution is -2.47. The highest BCUT2D eigenvalue weighted by Gasteiger charge is 2.38. The molecule has 2 aliphatic rings. The van der Waals surface area contributed by atoms with E-state index < -0.39 is 0 Å². The van der Waals surface area contributed by atoms with E-state index in [1.807, 2.05) is 0 Å². The Balaban J connectivity index is 1.96. The lowest BCUT2D eigenvalue weighted by atomic mass is 9.82. The molecule has 2 saturated heterocycles. The lowest BCUT2D eigenvalue weighted by Gasteiger charge is -2.43. The maximum absolute atomic E-state index is 3.51. The zero-order chi connectivity index (χ0) is 16.3. The third-order valence-electron chi connectivity index (χ3n) is 5.58. The van der Waals surface area contributed by atoms with Crippen LogP contribution in [0, 0.1) is 0 Å². The number of allylic oxidation sites excluding steroid dienone is 1. The number of hydrogen-bond donors (Lipinski definition) is 1. The van der Waals surface area contributed by atoms with Crippen LogP contribution in [0.2, 0.25) is 0 Å². The van der Waals surface area contributed by atoms with Crippen LogP contribution < -0.4 is 5.32 Å². The molecule has 0 bridgehead atoms. The van der Waals surface area contributed by atoms with Gasteiger partial charge in [0, 0.05) is 25.3 Å². The molecule has 0 saturated carbocycles. The molecule has 0 amide bonds. The van der Waals surface area contributed by atoms with Crippen molar-refractivity contribution >= 4 is 0 Å². The van der Waals surface area contributed by atoms with Crippen molar-refractivity contribution in [2.24, 2.45) is 0 Å². The van der Waals surface area contributed by atoms with Crippen LogP contribution in [0.1, 0.15) is 45.2 Å². The van der Waals surface area contributed by atoms with Gasteiger partial charge >= 0.3 is 0 Å². The molecule has 2 aliphatic heterocycles. The summed E-state index contributed by atoms with van der Waals surface area (Å²) in [7, 11) is 0. The van der Waals surface area contributed by atoms with Gasteiger partial charge in [0.15, 0.2) is 0 Å². The van der Waals surface area contributed by atoms with Gasteiger partial charge in [-0.15, -0.1) is 0 Å². The molecule has 0 spiro atoms. The van der Waals surface area contributed by atoms with E-state index >= 15 is 0 Å². The van der Waals surface area contributed by atoms with Crippen molar-refractivity contribution in [2.45, 2.75) is 45.2 Å². The summed E-state index contributed by atoms with van der Waals surface area (Å²) in [6.45, 7) is 12.7. The summed E-state index contributed by atoms with van der Waals surface area (Å²) in [6.07, 6.45) is 5.04. The molecule has 1 aromatic carbocycles. The molecule has 1 atom stereocenters. The highest BCUT2D eigenvalue weighted by molar-refractivity contribution is 5.34. The Labute approximate surface area is 141 Å². The van der Waals surface area contributed by atoms with Gasteiger partial charge in [-0.1, -0.05) is 36.4 Å². The molecule has 0 aliphatic carbocycles. The van der Waals surface area contributed by atoms with E-state index in [4.69, 9.17) is 0 Å². The molecule has 2 heterocycles. The second kappa shape index (κ2) is 7.16. The van der Waals surface area contributed by atoms with E-state index in [0.29, 0.717) is 6.04 Å². The van der Waals surface area contributed by atoms with E-state index in [9.17, 15) is 0 Å². The summed E-state index contributed by atoms with van der Waals surface area (Å²) in [5.41, 5.74) is 3.06. The number of rotatable bonds is 5. The third-order valence-corrected chi connectivity index (χ3v) is 5.58. The highest BCUT2D eigenvalue weighted by Crippen LogP contribution is 2.39. The van der Waals surface area contributed by atoms with Crippen LogP contribution in [0.15, 0.2) is 42.0 Å². The number of likely N-dealkylation sites (tertiary alicyclic amines) is 1. The van der Waals surface area contributed by atoms with E-state index in [1.54, 1.807) is 0 Å². The quantitative estimate of drug-likeness (QED) is 0.841. The number of benzene rings is 1. The number of hydrogen-bond acceptors (Lipinski definition) is 3. The lowest BCUT2D eigenvalue weighted by molar-refractivity contribution is 0.156. The normalized spacial score (nSPS) is 22.7. The Morgan fingerprint density at radius 1 is 1.13 bits per heavy atom. The van der Waals surface area contributed by atoms with Crippen molar-refractivity contribution in [1.29, 1.82) is 0 Å². The molecule has 3 rings (SSSR count). The van der Waals surface area contributed by atoms with Crippen LogP contribution in [0.3, 0.4) is 0 Å². The summed E-state index contributed by atoms with van der Waals surface area (Å²) >= 11 is 0. The molecule has 3 nitrogen and oxygen atoms in total. The molecule has 2 fully saturated rings. The summed E-state index contributed by atoms with van der Waals surface area (Å²) in [5, 5.41) is 3.51. The maximum atomic E-state index is 3.51. The van der Waals surface area contributed by atoms with Gasteiger partial charge in [-0.05, 0) is 57.8 Å². The minimum atomic E-state index is 0.106. The second-order valence-electron chi connectivity index (χ2n) is 7.28. The minimum absolute atomic E-state index is 0.106. The first-order chi connectivity index (χ1) is 11.1. The standard InChI is InChI=1S/C20H31N3/c1-4-18(20(2,3)23-13-8-9-14-23)19(22-15-12-21-16-22)17-10-6-5-7-11-17/h4-7,10-11,19,21H,8-9,12-16H2,1-3H3. The van der Waals surface area contributed by atoms with Crippen molar-refractivity contribution in [3.63, 3.8) is 0 Å². The first-order valence-corrected chi connectivity index (χ1v) is 9.06. The molecule has 1 N–H and O–H groups in total. The largest absolute Gasteiger partial charge is 0.303 e.